The van der Waals surface area contributed by atoms with Gasteiger partial charge in [-0.15, -0.1) is 0 Å². The Morgan fingerprint density at radius 2 is 1.93 bits per heavy atom. The van der Waals surface area contributed by atoms with E-state index in [4.69, 9.17) is 0 Å². The van der Waals surface area contributed by atoms with Gasteiger partial charge >= 0.3 is 0 Å². The van der Waals surface area contributed by atoms with E-state index in [1.54, 1.807) is 0 Å². The van der Waals surface area contributed by atoms with Crippen molar-refractivity contribution in [3.63, 3.8) is 0 Å². The fraction of sp³-hybridized carbons (Fsp3) is 1.00. The van der Waals surface area contributed by atoms with Gasteiger partial charge in [0.05, 0.1) is 0 Å². The molecule has 1 atom stereocenters. The molecule has 0 aromatic rings. The third kappa shape index (κ3) is 3.69. The lowest BCUT2D eigenvalue weighted by Crippen LogP contribution is -2.29. The van der Waals surface area contributed by atoms with Crippen molar-refractivity contribution in [2.75, 3.05) is 11.5 Å². The van der Waals surface area contributed by atoms with Crippen molar-refractivity contribution in [3.8, 4) is 0 Å². The first kappa shape index (κ1) is 12.8. The molecule has 1 aliphatic carbocycles. The maximum atomic E-state index is 4.57. The molecule has 2 heteroatoms. The molecule has 0 aliphatic heterocycles. The molecule has 1 fully saturated rings. The molecule has 0 aromatic carbocycles. The average Bonchev–Trinajstić information content (AvgIpc) is 2.27. The summed E-state index contributed by atoms with van der Waals surface area (Å²) in [5, 5.41) is 0.827. The molecule has 0 radical (unpaired) electrons. The predicted molar refractivity (Wildman–Crippen MR) is 71.6 cm³/mol. The largest absolute Gasteiger partial charge is 0.179 e. The molecule has 0 N–H and O–H groups in total. The van der Waals surface area contributed by atoms with E-state index in [-0.39, 0.29) is 0 Å². The van der Waals surface area contributed by atoms with Crippen molar-refractivity contribution >= 4 is 24.4 Å². The zero-order valence-electron chi connectivity index (χ0n) is 9.59. The summed E-state index contributed by atoms with van der Waals surface area (Å²) in [7, 11) is 0. The minimum absolute atomic E-state index is 0.579. The summed E-state index contributed by atoms with van der Waals surface area (Å²) in [4.78, 5) is 0. The van der Waals surface area contributed by atoms with Crippen molar-refractivity contribution in [2.45, 2.75) is 57.6 Å². The minimum atomic E-state index is 0.579. The second-order valence-electron chi connectivity index (χ2n) is 4.75. The molecule has 14 heavy (non-hydrogen) atoms. The Balaban J connectivity index is 2.36. The fourth-order valence-electron chi connectivity index (χ4n) is 2.09. The van der Waals surface area contributed by atoms with E-state index in [0.717, 1.165) is 11.0 Å². The maximum absolute atomic E-state index is 4.57. The molecule has 84 valence electrons. The van der Waals surface area contributed by atoms with Gasteiger partial charge in [0.2, 0.25) is 0 Å². The zero-order chi connectivity index (χ0) is 10.4. The van der Waals surface area contributed by atoms with Crippen molar-refractivity contribution < 1.29 is 0 Å². The monoisotopic (exact) mass is 232 g/mol. The summed E-state index contributed by atoms with van der Waals surface area (Å²) >= 11 is 6.73. The molecule has 1 unspecified atom stereocenters. The first-order valence-corrected chi connectivity index (χ1v) is 7.63. The summed E-state index contributed by atoms with van der Waals surface area (Å²) in [5.41, 5.74) is 0.579. The summed E-state index contributed by atoms with van der Waals surface area (Å²) in [6, 6.07) is 0. The topological polar surface area (TPSA) is 0 Å². The molecule has 0 spiro atoms. The van der Waals surface area contributed by atoms with Crippen LogP contribution in [0.4, 0.5) is 0 Å². The molecule has 1 aliphatic rings. The number of hydrogen-bond acceptors (Lipinski definition) is 2. The van der Waals surface area contributed by atoms with Crippen LogP contribution in [-0.2, 0) is 0 Å². The van der Waals surface area contributed by atoms with Crippen LogP contribution in [0.5, 0.6) is 0 Å². The van der Waals surface area contributed by atoms with Crippen LogP contribution in [0.15, 0.2) is 0 Å². The molecule has 0 nitrogen and oxygen atoms in total. The Morgan fingerprint density at radius 3 is 2.43 bits per heavy atom. The maximum Gasteiger partial charge on any atom is 0.00163 e. The number of rotatable bonds is 5. The summed E-state index contributed by atoms with van der Waals surface area (Å²) in [6.07, 6.45) is 8.44. The highest BCUT2D eigenvalue weighted by atomic mass is 32.2. The minimum Gasteiger partial charge on any atom is -0.179 e. The van der Waals surface area contributed by atoms with Crippen LogP contribution < -0.4 is 0 Å². The molecule has 0 heterocycles. The SMILES string of the molecule is CCC(C)SCC1(CS)CCCCC1. The Bertz CT molecular complexity index is 150. The number of thiol groups is 1. The van der Waals surface area contributed by atoms with Gasteiger partial charge in [-0.2, -0.15) is 24.4 Å². The first-order valence-electron chi connectivity index (χ1n) is 5.95. The van der Waals surface area contributed by atoms with Crippen LogP contribution in [0.3, 0.4) is 0 Å². The van der Waals surface area contributed by atoms with Gasteiger partial charge in [0.15, 0.2) is 0 Å². The lowest BCUT2D eigenvalue weighted by molar-refractivity contribution is 0.258. The van der Waals surface area contributed by atoms with Gasteiger partial charge in [0.25, 0.3) is 0 Å². The smallest absolute Gasteiger partial charge is 0.00163 e. The van der Waals surface area contributed by atoms with Crippen LogP contribution in [0, 0.1) is 5.41 Å². The second-order valence-corrected chi connectivity index (χ2v) is 6.49. The fourth-order valence-corrected chi connectivity index (χ4v) is 3.93. The normalized spacial score (nSPS) is 23.4. The van der Waals surface area contributed by atoms with Gasteiger partial charge in [0.1, 0.15) is 0 Å². The van der Waals surface area contributed by atoms with Crippen molar-refractivity contribution in [1.82, 2.24) is 0 Å². The van der Waals surface area contributed by atoms with Crippen LogP contribution in [0.1, 0.15) is 52.4 Å². The molecule has 0 amide bonds. The molecule has 0 saturated heterocycles. The summed E-state index contributed by atoms with van der Waals surface area (Å²) in [5.74, 6) is 2.43. The molecule has 1 rings (SSSR count). The first-order chi connectivity index (χ1) is 6.72. The standard InChI is InChI=1S/C12H24S2/c1-3-11(2)14-10-12(9-13)7-5-4-6-8-12/h11,13H,3-10H2,1-2H3. The van der Waals surface area contributed by atoms with Crippen molar-refractivity contribution in [1.29, 1.82) is 0 Å². The lowest BCUT2D eigenvalue weighted by Gasteiger charge is -2.36. The van der Waals surface area contributed by atoms with Gasteiger partial charge in [0, 0.05) is 5.25 Å². The van der Waals surface area contributed by atoms with Crippen LogP contribution in [-0.4, -0.2) is 16.8 Å². The van der Waals surface area contributed by atoms with Crippen LogP contribution in [0.25, 0.3) is 0 Å². The van der Waals surface area contributed by atoms with E-state index < -0.39 is 0 Å². The highest BCUT2D eigenvalue weighted by Crippen LogP contribution is 2.40. The Morgan fingerprint density at radius 1 is 1.29 bits per heavy atom. The molecule has 1 saturated carbocycles. The van der Waals surface area contributed by atoms with Gasteiger partial charge in [-0.3, -0.25) is 0 Å². The van der Waals surface area contributed by atoms with Gasteiger partial charge in [-0.05, 0) is 36.2 Å². The average molecular weight is 232 g/mol. The number of hydrogen-bond donors (Lipinski definition) is 1. The third-order valence-electron chi connectivity index (χ3n) is 3.50. The molecule has 0 aromatic heterocycles. The molecular formula is C12H24S2. The summed E-state index contributed by atoms with van der Waals surface area (Å²) < 4.78 is 0. The van der Waals surface area contributed by atoms with E-state index >= 15 is 0 Å². The van der Waals surface area contributed by atoms with Crippen molar-refractivity contribution in [2.24, 2.45) is 5.41 Å². The number of thioether (sulfide) groups is 1. The van der Waals surface area contributed by atoms with Gasteiger partial charge in [-0.1, -0.05) is 33.1 Å². The quantitative estimate of drug-likeness (QED) is 0.686. The van der Waals surface area contributed by atoms with E-state index in [0.29, 0.717) is 5.41 Å². The predicted octanol–water partition coefficient (Wildman–Crippen LogP) is 4.40. The Labute approximate surface area is 99.0 Å². The Kier molecular flexibility index (Phi) is 5.76. The summed E-state index contributed by atoms with van der Waals surface area (Å²) in [6.45, 7) is 4.63. The van der Waals surface area contributed by atoms with Gasteiger partial charge < -0.3 is 0 Å². The Hall–Kier alpha value is 0.700. The zero-order valence-corrected chi connectivity index (χ0v) is 11.3. The van der Waals surface area contributed by atoms with Crippen LogP contribution in [0.2, 0.25) is 0 Å². The highest BCUT2D eigenvalue weighted by Gasteiger charge is 2.30. The third-order valence-corrected chi connectivity index (χ3v) is 5.85. The molecule has 0 bridgehead atoms. The van der Waals surface area contributed by atoms with Crippen molar-refractivity contribution in [3.05, 3.63) is 0 Å². The van der Waals surface area contributed by atoms with Crippen LogP contribution >= 0.6 is 24.4 Å². The second kappa shape index (κ2) is 6.32. The van der Waals surface area contributed by atoms with Gasteiger partial charge in [-0.25, -0.2) is 0 Å². The van der Waals surface area contributed by atoms with E-state index in [1.165, 1.54) is 44.3 Å². The lowest BCUT2D eigenvalue weighted by atomic mass is 9.77. The highest BCUT2D eigenvalue weighted by molar-refractivity contribution is 7.99. The van der Waals surface area contributed by atoms with E-state index in [9.17, 15) is 0 Å². The molecular weight excluding hydrogens is 208 g/mol. The van der Waals surface area contributed by atoms with E-state index in [2.05, 4.69) is 38.2 Å². The van der Waals surface area contributed by atoms with E-state index in [1.807, 2.05) is 0 Å².